The van der Waals surface area contributed by atoms with E-state index in [1.165, 1.54) is 11.3 Å². The number of anilines is 1. The Bertz CT molecular complexity index is 503. The van der Waals surface area contributed by atoms with Gasteiger partial charge in [0.15, 0.2) is 0 Å². The first-order valence-electron chi connectivity index (χ1n) is 7.45. The third kappa shape index (κ3) is 3.32. The van der Waals surface area contributed by atoms with Crippen molar-refractivity contribution in [3.8, 4) is 6.07 Å². The van der Waals surface area contributed by atoms with Crippen LogP contribution in [0, 0.1) is 17.2 Å². The van der Waals surface area contributed by atoms with Crippen LogP contribution in [0.25, 0.3) is 0 Å². The predicted molar refractivity (Wildman–Crippen MR) is 83.8 cm³/mol. The average molecular weight is 271 g/mol. The zero-order valence-corrected chi connectivity index (χ0v) is 13.0. The van der Waals surface area contributed by atoms with E-state index in [1.807, 2.05) is 6.92 Å². The van der Waals surface area contributed by atoms with E-state index in [2.05, 4.69) is 61.3 Å². The van der Waals surface area contributed by atoms with Crippen molar-refractivity contribution in [1.82, 2.24) is 5.32 Å². The van der Waals surface area contributed by atoms with Gasteiger partial charge in [0.1, 0.15) is 5.54 Å². The van der Waals surface area contributed by atoms with Gasteiger partial charge in [0.05, 0.1) is 6.07 Å². The molecule has 0 fully saturated rings. The molecule has 1 N–H and O–H groups in total. The molecule has 108 valence electrons. The number of rotatable bonds is 4. The maximum atomic E-state index is 9.54. The third-order valence-corrected chi connectivity index (χ3v) is 3.79. The minimum atomic E-state index is -0.516. The predicted octanol–water partition coefficient (Wildman–Crippen LogP) is 2.97. The molecular weight excluding hydrogens is 246 g/mol. The number of para-hydroxylation sites is 1. The van der Waals surface area contributed by atoms with Gasteiger partial charge in [-0.3, -0.25) is 5.32 Å². The monoisotopic (exact) mass is 271 g/mol. The van der Waals surface area contributed by atoms with E-state index in [0.29, 0.717) is 12.0 Å². The summed E-state index contributed by atoms with van der Waals surface area (Å²) in [6.45, 7) is 10.2. The average Bonchev–Trinajstić information content (AvgIpc) is 2.37. The smallest absolute Gasteiger partial charge is 0.121 e. The molecule has 0 aromatic heterocycles. The number of hydrogen-bond acceptors (Lipinski definition) is 3. The van der Waals surface area contributed by atoms with E-state index in [9.17, 15) is 5.26 Å². The van der Waals surface area contributed by atoms with E-state index in [4.69, 9.17) is 0 Å². The summed E-state index contributed by atoms with van der Waals surface area (Å²) in [5, 5.41) is 12.9. The molecule has 0 bridgehead atoms. The summed E-state index contributed by atoms with van der Waals surface area (Å²) in [4.78, 5) is 2.36. The Morgan fingerprint density at radius 1 is 1.45 bits per heavy atom. The molecular formula is C17H25N3. The number of nitrogens with one attached hydrogen (secondary N) is 1. The largest absolute Gasteiger partial charge is 0.368 e. The quantitative estimate of drug-likeness (QED) is 0.915. The zero-order valence-electron chi connectivity index (χ0n) is 13.0. The summed E-state index contributed by atoms with van der Waals surface area (Å²) in [7, 11) is 0. The second-order valence-corrected chi connectivity index (χ2v) is 6.56. The van der Waals surface area contributed by atoms with Crippen LogP contribution in [0.5, 0.6) is 0 Å². The Hall–Kier alpha value is -1.53. The molecule has 20 heavy (non-hydrogen) atoms. The molecule has 2 atom stereocenters. The SMILES string of the molecule is CC1Cc2ccccc2N(CC(C)(C#N)NC(C)C)C1. The minimum absolute atomic E-state index is 0.303. The fraction of sp³-hybridized carbons (Fsp3) is 0.588. The van der Waals surface area contributed by atoms with Crippen molar-refractivity contribution in [2.75, 3.05) is 18.0 Å². The van der Waals surface area contributed by atoms with Crippen molar-refractivity contribution in [3.63, 3.8) is 0 Å². The fourth-order valence-electron chi connectivity index (χ4n) is 3.19. The summed E-state index contributed by atoms with van der Waals surface area (Å²) in [5.74, 6) is 0.631. The summed E-state index contributed by atoms with van der Waals surface area (Å²) in [5.41, 5.74) is 2.17. The molecule has 1 aliphatic rings. The first-order chi connectivity index (χ1) is 9.43. The Labute approximate surface area is 122 Å². The van der Waals surface area contributed by atoms with Gasteiger partial charge in [-0.15, -0.1) is 0 Å². The van der Waals surface area contributed by atoms with Crippen LogP contribution in [0.15, 0.2) is 24.3 Å². The van der Waals surface area contributed by atoms with Gasteiger partial charge >= 0.3 is 0 Å². The number of fused-ring (bicyclic) bond motifs is 1. The van der Waals surface area contributed by atoms with Crippen molar-refractivity contribution < 1.29 is 0 Å². The van der Waals surface area contributed by atoms with Gasteiger partial charge < -0.3 is 4.90 Å². The fourth-order valence-corrected chi connectivity index (χ4v) is 3.19. The molecule has 0 saturated carbocycles. The van der Waals surface area contributed by atoms with E-state index < -0.39 is 5.54 Å². The molecule has 0 saturated heterocycles. The Morgan fingerprint density at radius 2 is 2.15 bits per heavy atom. The zero-order chi connectivity index (χ0) is 14.8. The van der Waals surface area contributed by atoms with Gasteiger partial charge in [-0.1, -0.05) is 25.1 Å². The molecule has 2 rings (SSSR count). The first kappa shape index (κ1) is 14.9. The topological polar surface area (TPSA) is 39.1 Å². The van der Waals surface area contributed by atoms with E-state index in [-0.39, 0.29) is 0 Å². The molecule has 1 aliphatic heterocycles. The van der Waals surface area contributed by atoms with Crippen LogP contribution in [0.2, 0.25) is 0 Å². The standard InChI is InChI=1S/C17H25N3/c1-13(2)19-17(4,11-18)12-20-10-14(3)9-15-7-5-6-8-16(15)20/h5-8,13-14,19H,9-10,12H2,1-4H3. The molecule has 3 heteroatoms. The van der Waals surface area contributed by atoms with Crippen LogP contribution in [-0.4, -0.2) is 24.7 Å². The molecule has 1 aromatic carbocycles. The molecule has 0 aliphatic carbocycles. The van der Waals surface area contributed by atoms with Gasteiger partial charge in [0, 0.05) is 24.8 Å². The lowest BCUT2D eigenvalue weighted by molar-refractivity contribution is 0.390. The maximum Gasteiger partial charge on any atom is 0.121 e. The molecule has 1 heterocycles. The molecule has 2 unspecified atom stereocenters. The lowest BCUT2D eigenvalue weighted by atomic mass is 9.92. The summed E-state index contributed by atoms with van der Waals surface area (Å²) >= 11 is 0. The van der Waals surface area contributed by atoms with Gasteiger partial charge in [0.25, 0.3) is 0 Å². The molecule has 3 nitrogen and oxygen atoms in total. The summed E-state index contributed by atoms with van der Waals surface area (Å²) in [6, 6.07) is 11.3. The second kappa shape index (κ2) is 5.85. The number of nitriles is 1. The second-order valence-electron chi connectivity index (χ2n) is 6.56. The van der Waals surface area contributed by atoms with Crippen LogP contribution in [0.3, 0.4) is 0 Å². The van der Waals surface area contributed by atoms with Crippen molar-refractivity contribution in [2.45, 2.75) is 45.7 Å². The molecule has 1 aromatic rings. The van der Waals surface area contributed by atoms with Gasteiger partial charge in [-0.25, -0.2) is 0 Å². The van der Waals surface area contributed by atoms with Crippen LogP contribution >= 0.6 is 0 Å². The maximum absolute atomic E-state index is 9.54. The highest BCUT2D eigenvalue weighted by Gasteiger charge is 2.31. The molecule has 0 spiro atoms. The van der Waals surface area contributed by atoms with E-state index in [1.54, 1.807) is 0 Å². The number of benzene rings is 1. The first-order valence-corrected chi connectivity index (χ1v) is 7.45. The van der Waals surface area contributed by atoms with Gasteiger partial charge in [0.2, 0.25) is 0 Å². The molecule has 0 radical (unpaired) electrons. The summed E-state index contributed by atoms with van der Waals surface area (Å²) < 4.78 is 0. The third-order valence-electron chi connectivity index (χ3n) is 3.79. The Balaban J connectivity index is 2.23. The summed E-state index contributed by atoms with van der Waals surface area (Å²) in [6.07, 6.45) is 1.13. The number of hydrogen-bond donors (Lipinski definition) is 1. The van der Waals surface area contributed by atoms with Crippen LogP contribution in [-0.2, 0) is 6.42 Å². The Kier molecular flexibility index (Phi) is 4.35. The van der Waals surface area contributed by atoms with Crippen molar-refractivity contribution >= 4 is 5.69 Å². The lowest BCUT2D eigenvalue weighted by Crippen LogP contribution is -2.54. The van der Waals surface area contributed by atoms with Gasteiger partial charge in [-0.05, 0) is 44.7 Å². The highest BCUT2D eigenvalue weighted by Crippen LogP contribution is 2.30. The van der Waals surface area contributed by atoms with Crippen LogP contribution < -0.4 is 10.2 Å². The number of nitrogens with zero attached hydrogens (tertiary/aromatic N) is 2. The lowest BCUT2D eigenvalue weighted by Gasteiger charge is -2.39. The normalized spacial score (nSPS) is 21.2. The van der Waals surface area contributed by atoms with E-state index >= 15 is 0 Å². The minimum Gasteiger partial charge on any atom is -0.368 e. The molecule has 0 amide bonds. The Morgan fingerprint density at radius 3 is 2.80 bits per heavy atom. The van der Waals surface area contributed by atoms with Crippen molar-refractivity contribution in [2.24, 2.45) is 5.92 Å². The van der Waals surface area contributed by atoms with Gasteiger partial charge in [-0.2, -0.15) is 5.26 Å². The van der Waals surface area contributed by atoms with E-state index in [0.717, 1.165) is 19.5 Å². The van der Waals surface area contributed by atoms with Crippen LogP contribution in [0.4, 0.5) is 5.69 Å². The van der Waals surface area contributed by atoms with Crippen molar-refractivity contribution in [1.29, 1.82) is 5.26 Å². The highest BCUT2D eigenvalue weighted by molar-refractivity contribution is 5.56. The highest BCUT2D eigenvalue weighted by atomic mass is 15.2. The van der Waals surface area contributed by atoms with Crippen LogP contribution in [0.1, 0.15) is 33.3 Å². The van der Waals surface area contributed by atoms with Crippen molar-refractivity contribution in [3.05, 3.63) is 29.8 Å².